The molecule has 0 spiro atoms. The maximum Gasteiger partial charge on any atom is 0.248 e. The molecule has 0 bridgehead atoms. The minimum atomic E-state index is -0.742. The van der Waals surface area contributed by atoms with E-state index in [1.165, 1.54) is 4.90 Å². The van der Waals surface area contributed by atoms with Crippen molar-refractivity contribution in [3.8, 4) is 0 Å². The van der Waals surface area contributed by atoms with Gasteiger partial charge in [0.05, 0.1) is 0 Å². The second kappa shape index (κ2) is 5.30. The van der Waals surface area contributed by atoms with Crippen LogP contribution in [0.15, 0.2) is 0 Å². The van der Waals surface area contributed by atoms with Gasteiger partial charge in [-0.05, 0) is 20.8 Å². The molecule has 5 heteroatoms. The van der Waals surface area contributed by atoms with Crippen molar-refractivity contribution in [2.75, 3.05) is 32.7 Å². The van der Waals surface area contributed by atoms with E-state index in [0.717, 1.165) is 32.6 Å². The highest BCUT2D eigenvalue weighted by atomic mass is 16.2. The fourth-order valence-electron chi connectivity index (χ4n) is 1.98. The lowest BCUT2D eigenvalue weighted by atomic mass is 10.0. The highest BCUT2D eigenvalue weighted by Gasteiger charge is 2.36. The van der Waals surface area contributed by atoms with E-state index in [1.54, 1.807) is 13.8 Å². The molecule has 0 radical (unpaired) electrons. The molecule has 5 nitrogen and oxygen atoms in total. The third kappa shape index (κ3) is 2.52. The van der Waals surface area contributed by atoms with Gasteiger partial charge in [0.15, 0.2) is 0 Å². The average Bonchev–Trinajstić information content (AvgIpc) is 2.30. The second-order valence-electron chi connectivity index (χ2n) is 4.49. The number of likely N-dealkylation sites (N-methyl/N-ethyl adjacent to an activating group) is 1. The average molecular weight is 227 g/mol. The first-order valence-corrected chi connectivity index (χ1v) is 5.76. The minimum absolute atomic E-state index is 0.0305. The van der Waals surface area contributed by atoms with Crippen LogP contribution in [0, 0.1) is 0 Å². The van der Waals surface area contributed by atoms with E-state index in [2.05, 4.69) is 5.32 Å². The van der Waals surface area contributed by atoms with Gasteiger partial charge in [-0.25, -0.2) is 0 Å². The van der Waals surface area contributed by atoms with Crippen LogP contribution >= 0.6 is 0 Å². The standard InChI is InChI=1S/C11H21N3O2/c1-4-14(9-15)11(2,3)10(16)13-7-5-12-6-8-13/h9,12H,4-8H2,1-3H3. The third-order valence-electron chi connectivity index (χ3n) is 3.11. The molecule has 1 fully saturated rings. The number of piperazine rings is 1. The van der Waals surface area contributed by atoms with Crippen molar-refractivity contribution >= 4 is 12.3 Å². The second-order valence-corrected chi connectivity index (χ2v) is 4.49. The van der Waals surface area contributed by atoms with Gasteiger partial charge >= 0.3 is 0 Å². The Bertz CT molecular complexity index is 260. The lowest BCUT2D eigenvalue weighted by Crippen LogP contribution is -2.59. The van der Waals surface area contributed by atoms with Crippen LogP contribution in [0.1, 0.15) is 20.8 Å². The number of nitrogens with one attached hydrogen (secondary N) is 1. The summed E-state index contributed by atoms with van der Waals surface area (Å²) in [6.45, 7) is 9.13. The van der Waals surface area contributed by atoms with Crippen LogP contribution in [0.3, 0.4) is 0 Å². The lowest BCUT2D eigenvalue weighted by Gasteiger charge is -2.39. The van der Waals surface area contributed by atoms with Crippen LogP contribution in [-0.4, -0.2) is 60.4 Å². The lowest BCUT2D eigenvalue weighted by molar-refractivity contribution is -0.147. The quantitative estimate of drug-likeness (QED) is 0.669. The summed E-state index contributed by atoms with van der Waals surface area (Å²) >= 11 is 0. The Labute approximate surface area is 96.8 Å². The number of rotatable bonds is 4. The van der Waals surface area contributed by atoms with Gasteiger partial charge in [-0.1, -0.05) is 0 Å². The van der Waals surface area contributed by atoms with Crippen molar-refractivity contribution in [1.29, 1.82) is 0 Å². The highest BCUT2D eigenvalue weighted by Crippen LogP contribution is 2.16. The monoisotopic (exact) mass is 227 g/mol. The molecule has 1 N–H and O–H groups in total. The zero-order valence-electron chi connectivity index (χ0n) is 10.3. The maximum atomic E-state index is 12.3. The zero-order chi connectivity index (χ0) is 12.2. The van der Waals surface area contributed by atoms with Crippen LogP contribution in [0.2, 0.25) is 0 Å². The molecular weight excluding hydrogens is 206 g/mol. The largest absolute Gasteiger partial charge is 0.338 e. The highest BCUT2D eigenvalue weighted by molar-refractivity contribution is 5.87. The summed E-state index contributed by atoms with van der Waals surface area (Å²) in [7, 11) is 0. The first-order valence-electron chi connectivity index (χ1n) is 5.76. The van der Waals surface area contributed by atoms with E-state index in [4.69, 9.17) is 0 Å². The van der Waals surface area contributed by atoms with Gasteiger partial charge < -0.3 is 15.1 Å². The van der Waals surface area contributed by atoms with Crippen molar-refractivity contribution in [2.45, 2.75) is 26.3 Å². The normalized spacial score (nSPS) is 17.1. The van der Waals surface area contributed by atoms with Crippen LogP contribution < -0.4 is 5.32 Å². The molecule has 0 saturated carbocycles. The number of carbonyl (C=O) groups excluding carboxylic acids is 2. The topological polar surface area (TPSA) is 52.7 Å². The molecule has 0 atom stereocenters. The number of amides is 2. The Morgan fingerprint density at radius 2 is 2.00 bits per heavy atom. The van der Waals surface area contributed by atoms with Gasteiger partial charge in [-0.2, -0.15) is 0 Å². The fourth-order valence-corrected chi connectivity index (χ4v) is 1.98. The smallest absolute Gasteiger partial charge is 0.248 e. The van der Waals surface area contributed by atoms with E-state index in [0.29, 0.717) is 6.54 Å². The minimum Gasteiger partial charge on any atom is -0.338 e. The Kier molecular flexibility index (Phi) is 4.29. The van der Waals surface area contributed by atoms with E-state index >= 15 is 0 Å². The molecule has 2 amide bonds. The Morgan fingerprint density at radius 3 is 2.44 bits per heavy atom. The van der Waals surface area contributed by atoms with Crippen molar-refractivity contribution < 1.29 is 9.59 Å². The van der Waals surface area contributed by atoms with Crippen molar-refractivity contribution in [2.24, 2.45) is 0 Å². The first-order chi connectivity index (χ1) is 7.54. The van der Waals surface area contributed by atoms with Crippen LogP contribution in [0.25, 0.3) is 0 Å². The predicted molar refractivity (Wildman–Crippen MR) is 62.0 cm³/mol. The van der Waals surface area contributed by atoms with E-state index < -0.39 is 5.54 Å². The summed E-state index contributed by atoms with van der Waals surface area (Å²) in [6.07, 6.45) is 0.750. The first kappa shape index (κ1) is 13.0. The molecule has 0 aliphatic carbocycles. The van der Waals surface area contributed by atoms with Crippen LogP contribution in [-0.2, 0) is 9.59 Å². The summed E-state index contributed by atoms with van der Waals surface area (Å²) in [4.78, 5) is 26.6. The van der Waals surface area contributed by atoms with Crippen LogP contribution in [0.4, 0.5) is 0 Å². The van der Waals surface area contributed by atoms with Gasteiger partial charge in [-0.15, -0.1) is 0 Å². The summed E-state index contributed by atoms with van der Waals surface area (Å²) in [5, 5.41) is 3.20. The molecule has 1 aliphatic rings. The van der Waals surface area contributed by atoms with Gasteiger partial charge in [0.1, 0.15) is 5.54 Å². The number of nitrogens with zero attached hydrogens (tertiary/aromatic N) is 2. The molecular formula is C11H21N3O2. The Balaban J connectivity index is 2.72. The molecule has 1 saturated heterocycles. The molecule has 0 unspecified atom stereocenters. The van der Waals surface area contributed by atoms with E-state index in [9.17, 15) is 9.59 Å². The number of hydrogen-bond donors (Lipinski definition) is 1. The zero-order valence-corrected chi connectivity index (χ0v) is 10.3. The fraction of sp³-hybridized carbons (Fsp3) is 0.818. The molecule has 0 aromatic carbocycles. The van der Waals surface area contributed by atoms with Crippen molar-refractivity contribution in [3.05, 3.63) is 0 Å². The summed E-state index contributed by atoms with van der Waals surface area (Å²) in [5.41, 5.74) is -0.742. The number of hydrogen-bond acceptors (Lipinski definition) is 3. The van der Waals surface area contributed by atoms with Gasteiger partial charge in [0.25, 0.3) is 0 Å². The third-order valence-corrected chi connectivity index (χ3v) is 3.11. The van der Waals surface area contributed by atoms with Crippen molar-refractivity contribution in [1.82, 2.24) is 15.1 Å². The molecule has 0 aromatic rings. The summed E-state index contributed by atoms with van der Waals surface area (Å²) in [5.74, 6) is 0.0305. The van der Waals surface area contributed by atoms with Crippen molar-refractivity contribution in [3.63, 3.8) is 0 Å². The number of carbonyl (C=O) groups is 2. The molecule has 92 valence electrons. The maximum absolute atomic E-state index is 12.3. The Hall–Kier alpha value is -1.10. The van der Waals surface area contributed by atoms with Gasteiger partial charge in [-0.3, -0.25) is 9.59 Å². The van der Waals surface area contributed by atoms with Crippen LogP contribution in [0.5, 0.6) is 0 Å². The van der Waals surface area contributed by atoms with E-state index in [1.807, 2.05) is 11.8 Å². The molecule has 16 heavy (non-hydrogen) atoms. The molecule has 0 aromatic heterocycles. The molecule has 1 rings (SSSR count). The molecule has 1 heterocycles. The summed E-state index contributed by atoms with van der Waals surface area (Å²) in [6, 6.07) is 0. The van der Waals surface area contributed by atoms with E-state index in [-0.39, 0.29) is 5.91 Å². The molecule has 1 aliphatic heterocycles. The summed E-state index contributed by atoms with van der Waals surface area (Å²) < 4.78 is 0. The Morgan fingerprint density at radius 1 is 1.44 bits per heavy atom. The predicted octanol–water partition coefficient (Wildman–Crippen LogP) is -0.325. The van der Waals surface area contributed by atoms with Gasteiger partial charge in [0, 0.05) is 32.7 Å². The van der Waals surface area contributed by atoms with Gasteiger partial charge in [0.2, 0.25) is 12.3 Å². The SMILES string of the molecule is CCN(C=O)C(C)(C)C(=O)N1CCNCC1.